The van der Waals surface area contributed by atoms with E-state index in [0.717, 1.165) is 25.8 Å². The number of allylic oxidation sites excluding steroid dienone is 2. The van der Waals surface area contributed by atoms with Gasteiger partial charge in [0.1, 0.15) is 0 Å². The lowest BCUT2D eigenvalue weighted by molar-refractivity contribution is 0.244. The van der Waals surface area contributed by atoms with Crippen LogP contribution in [0.2, 0.25) is 0 Å². The number of nitrogens with zero attached hydrogens (tertiary/aromatic N) is 6. The smallest absolute Gasteiger partial charge is 0.338 e. The maximum Gasteiger partial charge on any atom is 0.375 e. The molecule has 2 rings (SSSR count). The van der Waals surface area contributed by atoms with E-state index in [1.807, 2.05) is 26.8 Å². The molecule has 0 N–H and O–H groups in total. The van der Waals surface area contributed by atoms with Crippen LogP contribution in [0.15, 0.2) is 28.5 Å². The van der Waals surface area contributed by atoms with E-state index >= 15 is 0 Å². The Bertz CT molecular complexity index is 629. The molecule has 0 radical (unpaired) electrons. The minimum Gasteiger partial charge on any atom is -0.338 e. The van der Waals surface area contributed by atoms with Crippen LogP contribution in [0, 0.1) is 0 Å². The van der Waals surface area contributed by atoms with Crippen LogP contribution in [0.25, 0.3) is 6.20 Å². The summed E-state index contributed by atoms with van der Waals surface area (Å²) in [6.45, 7) is 14.3. The summed E-state index contributed by atoms with van der Waals surface area (Å²) in [6, 6.07) is 0.432. The van der Waals surface area contributed by atoms with E-state index in [4.69, 9.17) is 0 Å². The van der Waals surface area contributed by atoms with Crippen LogP contribution in [0.5, 0.6) is 0 Å². The third-order valence-corrected chi connectivity index (χ3v) is 4.18. The molecular weight excluding hydrogens is 388 g/mol. The molecule has 0 aliphatic heterocycles. The second-order valence-electron chi connectivity index (χ2n) is 5.90. The lowest BCUT2D eigenvalue weighted by Gasteiger charge is -2.34. The number of hydrogen-bond donors (Lipinski definition) is 0. The van der Waals surface area contributed by atoms with E-state index in [1.165, 1.54) is 35.0 Å². The summed E-state index contributed by atoms with van der Waals surface area (Å²) >= 11 is 4.64. The lowest BCUT2D eigenvalue weighted by atomic mass is 9.94. The van der Waals surface area contributed by atoms with Crippen LogP contribution in [-0.4, -0.2) is 56.7 Å². The zero-order valence-electron chi connectivity index (χ0n) is 19.4. The molecule has 0 spiro atoms. The molecule has 0 amide bonds. The molecule has 1 aromatic heterocycles. The van der Waals surface area contributed by atoms with Crippen molar-refractivity contribution < 1.29 is 0 Å². The molecule has 0 aromatic carbocycles. The largest absolute Gasteiger partial charge is 0.375 e. The van der Waals surface area contributed by atoms with Crippen molar-refractivity contribution in [1.82, 2.24) is 24.7 Å². The van der Waals surface area contributed by atoms with Crippen molar-refractivity contribution in [2.45, 2.75) is 79.2 Å². The van der Waals surface area contributed by atoms with Crippen LogP contribution < -0.4 is 5.69 Å². The third kappa shape index (κ3) is 9.92. The van der Waals surface area contributed by atoms with Gasteiger partial charge < -0.3 is 4.90 Å². The molecule has 29 heavy (non-hydrogen) atoms. The second kappa shape index (κ2) is 19.4. The molecule has 1 saturated carbocycles. The van der Waals surface area contributed by atoms with Crippen molar-refractivity contribution in [1.29, 1.82) is 0 Å². The predicted molar refractivity (Wildman–Crippen MR) is 127 cm³/mol. The Morgan fingerprint density at radius 1 is 1.24 bits per heavy atom. The molecule has 168 valence electrons. The van der Waals surface area contributed by atoms with Gasteiger partial charge in [-0.1, -0.05) is 52.2 Å². The topological polar surface area (TPSA) is 68.3 Å². The van der Waals surface area contributed by atoms with Gasteiger partial charge >= 0.3 is 5.69 Å². The van der Waals surface area contributed by atoms with Gasteiger partial charge in [0, 0.05) is 32.2 Å². The van der Waals surface area contributed by atoms with E-state index in [2.05, 4.69) is 52.3 Å². The SMILES string of the molecule is C/C=C/n1nnn(C(=NC)N(CC)C2CCCCC2)c1=O.C=CCC.CC.CCl. The number of aliphatic imine (C=N–C) groups is 1. The third-order valence-electron chi connectivity index (χ3n) is 4.18. The van der Waals surface area contributed by atoms with Crippen LogP contribution in [0.3, 0.4) is 0 Å². The van der Waals surface area contributed by atoms with Crippen molar-refractivity contribution in [3.63, 3.8) is 0 Å². The fourth-order valence-electron chi connectivity index (χ4n) is 2.92. The molecule has 1 aliphatic carbocycles. The van der Waals surface area contributed by atoms with Gasteiger partial charge in [0.25, 0.3) is 0 Å². The molecule has 8 heteroatoms. The molecule has 0 saturated heterocycles. The first-order valence-electron chi connectivity index (χ1n) is 10.5. The van der Waals surface area contributed by atoms with Crippen LogP contribution >= 0.6 is 11.6 Å². The monoisotopic (exact) mass is 428 g/mol. The standard InChI is InChI=1S/C14H24N6O.C4H8.C2H6.CH3Cl/c1-4-11-19-14(21)20(17-16-19)13(15-3)18(5-2)12-9-7-6-8-10-12;1-3-4-2;2*1-2/h4,11-12H,5-10H2,1-3H3;3H,1,4H2,2H3;1-2H3;1H3/b11-4+,15-13?;;;. The number of alkyl halides is 1. The summed E-state index contributed by atoms with van der Waals surface area (Å²) in [5.41, 5.74) is -0.289. The van der Waals surface area contributed by atoms with Crippen molar-refractivity contribution >= 4 is 23.8 Å². The Morgan fingerprint density at radius 3 is 2.21 bits per heavy atom. The minimum atomic E-state index is -0.289. The Morgan fingerprint density at radius 2 is 1.79 bits per heavy atom. The first-order valence-corrected chi connectivity index (χ1v) is 11.3. The summed E-state index contributed by atoms with van der Waals surface area (Å²) in [5, 5.41) is 7.82. The summed E-state index contributed by atoms with van der Waals surface area (Å²) in [6.07, 6.45) is 13.8. The number of rotatable bonds is 4. The first kappa shape index (κ1) is 29.3. The van der Waals surface area contributed by atoms with E-state index in [1.54, 1.807) is 19.3 Å². The van der Waals surface area contributed by atoms with Gasteiger partial charge in [-0.25, -0.2) is 4.79 Å². The summed E-state index contributed by atoms with van der Waals surface area (Å²) < 4.78 is 2.51. The normalized spacial score (nSPS) is 14.0. The Balaban J connectivity index is 0. The second-order valence-corrected chi connectivity index (χ2v) is 5.90. The van der Waals surface area contributed by atoms with Gasteiger partial charge in [0.05, 0.1) is 0 Å². The molecule has 7 nitrogen and oxygen atoms in total. The molecule has 0 atom stereocenters. The zero-order valence-corrected chi connectivity index (χ0v) is 20.2. The lowest BCUT2D eigenvalue weighted by Crippen LogP contribution is -2.47. The van der Waals surface area contributed by atoms with E-state index in [0.29, 0.717) is 12.0 Å². The zero-order chi connectivity index (χ0) is 22.7. The molecular formula is C21H41ClN6O. The van der Waals surface area contributed by atoms with E-state index in [9.17, 15) is 4.79 Å². The van der Waals surface area contributed by atoms with Gasteiger partial charge in [-0.3, -0.25) is 4.99 Å². The molecule has 1 aliphatic rings. The molecule has 0 unspecified atom stereocenters. The van der Waals surface area contributed by atoms with E-state index in [-0.39, 0.29) is 5.69 Å². The quantitative estimate of drug-likeness (QED) is 0.296. The van der Waals surface area contributed by atoms with Gasteiger partial charge in [-0.2, -0.15) is 4.68 Å². The Kier molecular flexibility index (Phi) is 19.6. The Labute approximate surface area is 182 Å². The van der Waals surface area contributed by atoms with Crippen LogP contribution in [0.1, 0.15) is 73.1 Å². The minimum absolute atomic E-state index is 0.289. The van der Waals surface area contributed by atoms with Crippen molar-refractivity contribution in [3.8, 4) is 0 Å². The fourth-order valence-corrected chi connectivity index (χ4v) is 2.92. The van der Waals surface area contributed by atoms with Gasteiger partial charge in [0.15, 0.2) is 0 Å². The number of halogens is 1. The average Bonchev–Trinajstić information content (AvgIpc) is 3.15. The Hall–Kier alpha value is -1.89. The molecule has 1 aromatic rings. The van der Waals surface area contributed by atoms with Crippen molar-refractivity contribution in [2.24, 2.45) is 4.99 Å². The van der Waals surface area contributed by atoms with E-state index < -0.39 is 0 Å². The maximum atomic E-state index is 12.3. The highest BCUT2D eigenvalue weighted by atomic mass is 35.5. The summed E-state index contributed by atoms with van der Waals surface area (Å²) in [7, 11) is 1.70. The fraction of sp³-hybridized carbons (Fsp3) is 0.714. The average molecular weight is 429 g/mol. The van der Waals surface area contributed by atoms with Crippen molar-refractivity contribution in [3.05, 3.63) is 29.2 Å². The highest BCUT2D eigenvalue weighted by molar-refractivity contribution is 6.15. The highest BCUT2D eigenvalue weighted by Gasteiger charge is 2.25. The van der Waals surface area contributed by atoms with Gasteiger partial charge in [-0.15, -0.1) is 22.9 Å². The number of hydrogen-bond acceptors (Lipinski definition) is 4. The van der Waals surface area contributed by atoms with Crippen LogP contribution in [-0.2, 0) is 0 Å². The highest BCUT2D eigenvalue weighted by Crippen LogP contribution is 2.22. The van der Waals surface area contributed by atoms with Gasteiger partial charge in [0.2, 0.25) is 5.96 Å². The molecule has 1 heterocycles. The molecule has 0 bridgehead atoms. The maximum absolute atomic E-state index is 12.3. The van der Waals surface area contributed by atoms with Crippen molar-refractivity contribution in [2.75, 3.05) is 20.0 Å². The predicted octanol–water partition coefficient (Wildman–Crippen LogP) is 4.88. The molecule has 1 fully saturated rings. The van der Waals surface area contributed by atoms with Crippen LogP contribution in [0.4, 0.5) is 0 Å². The summed E-state index contributed by atoms with van der Waals surface area (Å²) in [4.78, 5) is 18.8. The summed E-state index contributed by atoms with van der Waals surface area (Å²) in [5.74, 6) is 0.588. The van der Waals surface area contributed by atoms with Gasteiger partial charge in [-0.05, 0) is 43.5 Å². The number of aromatic nitrogens is 4. The first-order chi connectivity index (χ1) is 14.1. The number of tetrazole rings is 1.